The van der Waals surface area contributed by atoms with Crippen LogP contribution < -0.4 is 4.57 Å². The molecule has 0 atom stereocenters. The van der Waals surface area contributed by atoms with E-state index in [0.717, 1.165) is 24.1 Å². The number of pyridine rings is 1. The van der Waals surface area contributed by atoms with Crippen LogP contribution in [0.25, 0.3) is 49.4 Å². The molecule has 0 amide bonds. The van der Waals surface area contributed by atoms with Crippen molar-refractivity contribution in [1.82, 2.24) is 4.40 Å². The van der Waals surface area contributed by atoms with Gasteiger partial charge in [-0.2, -0.15) is 0 Å². The minimum atomic E-state index is -1.48. The molecular formula is C41H47N2+. The summed E-state index contributed by atoms with van der Waals surface area (Å²) >= 11 is 0. The van der Waals surface area contributed by atoms with E-state index in [-0.39, 0.29) is 0 Å². The van der Waals surface area contributed by atoms with Crippen molar-refractivity contribution in [2.75, 3.05) is 0 Å². The predicted octanol–water partition coefficient (Wildman–Crippen LogP) is 10.8. The monoisotopic (exact) mass is 570 g/mol. The molecule has 8 rings (SSSR count). The number of benzene rings is 3. The Labute approximate surface area is 261 Å². The van der Waals surface area contributed by atoms with E-state index >= 15 is 0 Å². The summed E-state index contributed by atoms with van der Waals surface area (Å²) in [6.07, 6.45) is 11.7. The second kappa shape index (κ2) is 9.81. The Bertz CT molecular complexity index is 2130. The molecule has 3 aromatic heterocycles. The molecule has 2 aliphatic carbocycles. The summed E-state index contributed by atoms with van der Waals surface area (Å²) in [5, 5.41) is 4.94. The van der Waals surface area contributed by atoms with Crippen molar-refractivity contribution in [2.24, 2.45) is 17.9 Å². The van der Waals surface area contributed by atoms with Crippen LogP contribution in [0.5, 0.6) is 0 Å². The van der Waals surface area contributed by atoms with Crippen LogP contribution in [0.15, 0.2) is 66.9 Å². The standard InChI is InChI=1S/C41H47N2/c1-27-12-14-35-38(37(27)36-24-28(18-23-42(36)5)26-40(2,3)4)32-11-9-10-31-33-25-30(13-15-34(33)43(35)39(31)32)29-16-21-41(22-17-29)19-7-6-8-20-41/h9-15,18,23-25,29H,6-8,16-17,19-22,26H2,1-5H3/q+1/i26D2,29D. The Morgan fingerprint density at radius 2 is 1.63 bits per heavy atom. The van der Waals surface area contributed by atoms with Crippen molar-refractivity contribution in [3.63, 3.8) is 0 Å². The highest BCUT2D eigenvalue weighted by Gasteiger charge is 2.36. The molecule has 3 heterocycles. The summed E-state index contributed by atoms with van der Waals surface area (Å²) < 4.78 is 32.3. The minimum absolute atomic E-state index is 0.504. The van der Waals surface area contributed by atoms with Crippen LogP contribution in [0.3, 0.4) is 0 Å². The Morgan fingerprint density at radius 1 is 0.884 bits per heavy atom. The van der Waals surface area contributed by atoms with E-state index in [1.807, 2.05) is 33.0 Å². The average molecular weight is 571 g/mol. The number of hydrogen-bond donors (Lipinski definition) is 0. The fourth-order valence-corrected chi connectivity index (χ4v) is 8.73. The van der Waals surface area contributed by atoms with Gasteiger partial charge in [0.25, 0.3) is 0 Å². The summed E-state index contributed by atoms with van der Waals surface area (Å²) in [6, 6.07) is 22.1. The summed E-state index contributed by atoms with van der Waals surface area (Å²) in [5.41, 5.74) is 8.84. The lowest BCUT2D eigenvalue weighted by Gasteiger charge is -2.43. The highest BCUT2D eigenvalue weighted by Crippen LogP contribution is 2.51. The first-order chi connectivity index (χ1) is 21.8. The second-order valence-electron chi connectivity index (χ2n) is 14.9. The molecule has 1 spiro atoms. The lowest BCUT2D eigenvalue weighted by molar-refractivity contribution is -0.660. The normalized spacial score (nSPS) is 20.3. The fraction of sp³-hybridized carbons (Fsp3) is 0.439. The zero-order valence-corrected chi connectivity index (χ0v) is 26.6. The van der Waals surface area contributed by atoms with E-state index in [9.17, 15) is 1.37 Å². The second-order valence-corrected chi connectivity index (χ2v) is 14.9. The topological polar surface area (TPSA) is 8.29 Å². The SMILES string of the molecule is [2H]C1(c2ccc3c(c2)c2cccc4c5c(-c6cc(C([2H])([2H])C(C)(C)C)cc[n+]6C)c(C)ccc5n3c24)CCC2(CCCCC2)CC1. The third-order valence-electron chi connectivity index (χ3n) is 10.9. The maximum atomic E-state index is 9.66. The Balaban J connectivity index is 1.30. The number of hydrogen-bond acceptors (Lipinski definition) is 0. The van der Waals surface area contributed by atoms with Crippen LogP contribution in [-0.4, -0.2) is 4.40 Å². The molecule has 43 heavy (non-hydrogen) atoms. The summed E-state index contributed by atoms with van der Waals surface area (Å²) in [7, 11) is 2.06. The third kappa shape index (κ3) is 4.39. The van der Waals surface area contributed by atoms with Gasteiger partial charge in [-0.1, -0.05) is 70.4 Å². The molecule has 0 bridgehead atoms. The van der Waals surface area contributed by atoms with Gasteiger partial charge in [0.15, 0.2) is 6.20 Å². The fourth-order valence-electron chi connectivity index (χ4n) is 8.73. The van der Waals surface area contributed by atoms with Crippen LogP contribution in [0.4, 0.5) is 0 Å². The number of aryl methyl sites for hydroxylation is 2. The number of rotatable bonds is 3. The maximum Gasteiger partial charge on any atom is 0.213 e. The number of para-hydroxylation sites is 1. The Hall–Kier alpha value is -3.39. The quantitative estimate of drug-likeness (QED) is 0.187. The van der Waals surface area contributed by atoms with Crippen LogP contribution in [-0.2, 0) is 13.4 Å². The molecule has 2 aliphatic rings. The third-order valence-corrected chi connectivity index (χ3v) is 10.9. The van der Waals surface area contributed by atoms with Gasteiger partial charge in [0.05, 0.1) is 22.1 Å². The Kier molecular flexibility index (Phi) is 5.47. The van der Waals surface area contributed by atoms with Gasteiger partial charge in [-0.3, -0.25) is 0 Å². The first-order valence-electron chi connectivity index (χ1n) is 18.1. The molecular weight excluding hydrogens is 520 g/mol. The van der Waals surface area contributed by atoms with Crippen molar-refractivity contribution < 1.29 is 8.68 Å². The molecule has 0 N–H and O–H groups in total. The smallest absolute Gasteiger partial charge is 0.213 e. The largest absolute Gasteiger partial charge is 0.308 e. The first kappa shape index (κ1) is 24.0. The molecule has 2 fully saturated rings. The average Bonchev–Trinajstić information content (AvgIpc) is 3.55. The first-order valence-corrected chi connectivity index (χ1v) is 16.6. The van der Waals surface area contributed by atoms with Crippen LogP contribution >= 0.6 is 0 Å². The van der Waals surface area contributed by atoms with Gasteiger partial charge < -0.3 is 4.40 Å². The van der Waals surface area contributed by atoms with E-state index in [2.05, 4.69) is 77.5 Å². The zero-order chi connectivity index (χ0) is 32.2. The van der Waals surface area contributed by atoms with Gasteiger partial charge in [0.1, 0.15) is 7.05 Å². The predicted molar refractivity (Wildman–Crippen MR) is 182 cm³/mol. The molecule has 220 valence electrons. The van der Waals surface area contributed by atoms with Crippen LogP contribution in [0.1, 0.15) is 105 Å². The lowest BCUT2D eigenvalue weighted by atomic mass is 9.62. The van der Waals surface area contributed by atoms with Crippen molar-refractivity contribution in [2.45, 2.75) is 97.7 Å². The van der Waals surface area contributed by atoms with Crippen LogP contribution in [0.2, 0.25) is 0 Å². The van der Waals surface area contributed by atoms with Crippen molar-refractivity contribution in [3.8, 4) is 11.3 Å². The molecule has 6 aromatic rings. The maximum absolute atomic E-state index is 9.66. The van der Waals surface area contributed by atoms with Gasteiger partial charge in [-0.15, -0.1) is 0 Å². The van der Waals surface area contributed by atoms with E-state index < -0.39 is 17.7 Å². The van der Waals surface area contributed by atoms with E-state index in [1.165, 1.54) is 94.2 Å². The zero-order valence-electron chi connectivity index (χ0n) is 29.6. The van der Waals surface area contributed by atoms with Crippen molar-refractivity contribution in [3.05, 3.63) is 83.6 Å². The van der Waals surface area contributed by atoms with Crippen LogP contribution in [0, 0.1) is 17.8 Å². The molecule has 0 radical (unpaired) electrons. The molecule has 3 aromatic carbocycles. The van der Waals surface area contributed by atoms with E-state index in [0.29, 0.717) is 11.0 Å². The lowest BCUT2D eigenvalue weighted by Crippen LogP contribution is -2.31. The summed E-state index contributed by atoms with van der Waals surface area (Å²) in [5.74, 6) is -0.507. The van der Waals surface area contributed by atoms with Crippen molar-refractivity contribution in [1.29, 1.82) is 0 Å². The highest BCUT2D eigenvalue weighted by atomic mass is 14.9. The molecule has 2 nitrogen and oxygen atoms in total. The van der Waals surface area contributed by atoms with Gasteiger partial charge in [0, 0.05) is 37.8 Å². The summed E-state index contributed by atoms with van der Waals surface area (Å²) in [4.78, 5) is 0. The summed E-state index contributed by atoms with van der Waals surface area (Å²) in [6.45, 7) is 8.09. The number of nitrogens with zero attached hydrogens (tertiary/aromatic N) is 2. The molecule has 0 unspecified atom stereocenters. The molecule has 0 aliphatic heterocycles. The Morgan fingerprint density at radius 3 is 2.40 bits per heavy atom. The number of aromatic nitrogens is 2. The van der Waals surface area contributed by atoms with Gasteiger partial charge in [-0.05, 0) is 103 Å². The molecule has 2 heteroatoms. The highest BCUT2D eigenvalue weighted by molar-refractivity contribution is 6.26. The molecule has 0 saturated heterocycles. The number of fused-ring (bicyclic) bond motifs is 6. The molecule has 2 saturated carbocycles. The van der Waals surface area contributed by atoms with Gasteiger partial charge >= 0.3 is 0 Å². The van der Waals surface area contributed by atoms with Gasteiger partial charge in [0.2, 0.25) is 5.69 Å². The minimum Gasteiger partial charge on any atom is -0.308 e. The van der Waals surface area contributed by atoms with E-state index in [1.54, 1.807) is 0 Å². The van der Waals surface area contributed by atoms with E-state index in [4.69, 9.17) is 2.74 Å². The van der Waals surface area contributed by atoms with Gasteiger partial charge in [-0.25, -0.2) is 4.57 Å². The van der Waals surface area contributed by atoms with Crippen molar-refractivity contribution >= 4 is 38.1 Å².